The summed E-state index contributed by atoms with van der Waals surface area (Å²) in [6.45, 7) is 6.96. The van der Waals surface area contributed by atoms with Gasteiger partial charge >= 0.3 is 0 Å². The SMILES string of the molecule is CC[C@]12CC[C@H]3[C@@H]([C@H](C)CC4=CC(=O)C=C[C@@]43C)[C@@H]1C=CC[C@@H]2O. The summed E-state index contributed by atoms with van der Waals surface area (Å²) in [6.07, 6.45) is 15.5. The zero-order valence-electron chi connectivity index (χ0n) is 15.2. The van der Waals surface area contributed by atoms with Gasteiger partial charge in [-0.1, -0.05) is 44.6 Å². The number of fused-ring (bicyclic) bond motifs is 5. The third-order valence-electron chi connectivity index (χ3n) is 8.06. The molecule has 2 fully saturated rings. The topological polar surface area (TPSA) is 37.3 Å². The van der Waals surface area contributed by atoms with Crippen LogP contribution in [-0.2, 0) is 4.79 Å². The van der Waals surface area contributed by atoms with Crippen molar-refractivity contribution in [2.75, 3.05) is 0 Å². The second-order valence-corrected chi connectivity index (χ2v) is 8.88. The smallest absolute Gasteiger partial charge is 0.178 e. The van der Waals surface area contributed by atoms with Gasteiger partial charge in [0, 0.05) is 10.8 Å². The number of carbonyl (C=O) groups excluding carboxylic acids is 1. The van der Waals surface area contributed by atoms with E-state index in [9.17, 15) is 9.90 Å². The molecule has 24 heavy (non-hydrogen) atoms. The summed E-state index contributed by atoms with van der Waals surface area (Å²) in [5.74, 6) is 2.38. The fourth-order valence-corrected chi connectivity index (χ4v) is 6.67. The Morgan fingerprint density at radius 2 is 2.17 bits per heavy atom. The molecule has 0 saturated heterocycles. The summed E-state index contributed by atoms with van der Waals surface area (Å²) >= 11 is 0. The van der Waals surface area contributed by atoms with Gasteiger partial charge in [0.15, 0.2) is 5.78 Å². The predicted molar refractivity (Wildman–Crippen MR) is 96.3 cm³/mol. The van der Waals surface area contributed by atoms with Crippen molar-refractivity contribution in [1.29, 1.82) is 0 Å². The predicted octanol–water partition coefficient (Wildman–Crippen LogP) is 4.46. The zero-order valence-corrected chi connectivity index (χ0v) is 15.2. The Hall–Kier alpha value is -1.15. The second-order valence-electron chi connectivity index (χ2n) is 8.88. The van der Waals surface area contributed by atoms with Gasteiger partial charge in [0.2, 0.25) is 0 Å². The van der Waals surface area contributed by atoms with Crippen LogP contribution in [0.2, 0.25) is 0 Å². The molecule has 0 aromatic rings. The average Bonchev–Trinajstić information content (AvgIpc) is 2.57. The number of hydrogen-bond acceptors (Lipinski definition) is 2. The van der Waals surface area contributed by atoms with Gasteiger partial charge in [0.25, 0.3) is 0 Å². The lowest BCUT2D eigenvalue weighted by Gasteiger charge is -2.61. The molecule has 0 bridgehead atoms. The third-order valence-corrected chi connectivity index (χ3v) is 8.06. The molecule has 2 heteroatoms. The van der Waals surface area contributed by atoms with Crippen molar-refractivity contribution in [3.05, 3.63) is 36.0 Å². The highest BCUT2D eigenvalue weighted by molar-refractivity contribution is 6.01. The van der Waals surface area contributed by atoms with E-state index < -0.39 is 0 Å². The van der Waals surface area contributed by atoms with Gasteiger partial charge < -0.3 is 5.11 Å². The van der Waals surface area contributed by atoms with Crippen LogP contribution in [0.25, 0.3) is 0 Å². The van der Waals surface area contributed by atoms with Gasteiger partial charge in [0.05, 0.1) is 6.10 Å². The number of aliphatic hydroxyl groups excluding tert-OH is 1. The summed E-state index contributed by atoms with van der Waals surface area (Å²) in [5.41, 5.74) is 1.44. The molecule has 0 heterocycles. The summed E-state index contributed by atoms with van der Waals surface area (Å²) in [7, 11) is 0. The Labute approximate surface area is 145 Å². The number of aliphatic hydroxyl groups is 1. The molecule has 0 radical (unpaired) electrons. The lowest BCUT2D eigenvalue weighted by atomic mass is 9.43. The molecular formula is C22H30O2. The van der Waals surface area contributed by atoms with Crippen molar-refractivity contribution in [3.63, 3.8) is 0 Å². The normalized spacial score (nSPS) is 49.9. The minimum Gasteiger partial charge on any atom is -0.392 e. The molecule has 0 unspecified atom stereocenters. The van der Waals surface area contributed by atoms with E-state index >= 15 is 0 Å². The van der Waals surface area contributed by atoms with Crippen LogP contribution in [0.1, 0.15) is 52.9 Å². The second kappa shape index (κ2) is 5.42. The molecule has 2 saturated carbocycles. The molecule has 1 N–H and O–H groups in total. The average molecular weight is 326 g/mol. The molecule has 0 aromatic carbocycles. The molecule has 0 spiro atoms. The molecule has 0 amide bonds. The number of ketones is 1. The van der Waals surface area contributed by atoms with Crippen LogP contribution in [0, 0.1) is 34.5 Å². The van der Waals surface area contributed by atoms with Gasteiger partial charge in [-0.3, -0.25) is 4.79 Å². The zero-order chi connectivity index (χ0) is 17.1. The Morgan fingerprint density at radius 3 is 2.92 bits per heavy atom. The van der Waals surface area contributed by atoms with Crippen LogP contribution in [0.3, 0.4) is 0 Å². The van der Waals surface area contributed by atoms with E-state index in [2.05, 4.69) is 39.0 Å². The van der Waals surface area contributed by atoms with E-state index in [-0.39, 0.29) is 22.7 Å². The molecule has 4 rings (SSSR count). The molecule has 0 aromatic heterocycles. The summed E-state index contributed by atoms with van der Waals surface area (Å²) in [4.78, 5) is 11.9. The van der Waals surface area contributed by atoms with E-state index in [1.54, 1.807) is 6.08 Å². The van der Waals surface area contributed by atoms with Crippen molar-refractivity contribution in [2.24, 2.45) is 34.5 Å². The maximum absolute atomic E-state index is 11.9. The van der Waals surface area contributed by atoms with Crippen molar-refractivity contribution in [1.82, 2.24) is 0 Å². The molecule has 130 valence electrons. The summed E-state index contributed by atoms with van der Waals surface area (Å²) in [6, 6.07) is 0. The highest BCUT2D eigenvalue weighted by atomic mass is 16.3. The van der Waals surface area contributed by atoms with Gasteiger partial charge in [-0.25, -0.2) is 0 Å². The number of allylic oxidation sites excluding steroid dienone is 5. The maximum atomic E-state index is 11.9. The fraction of sp³-hybridized carbons (Fsp3) is 0.682. The van der Waals surface area contributed by atoms with Crippen LogP contribution < -0.4 is 0 Å². The fourth-order valence-electron chi connectivity index (χ4n) is 6.67. The van der Waals surface area contributed by atoms with Crippen LogP contribution in [0.15, 0.2) is 36.0 Å². The number of hydrogen-bond donors (Lipinski definition) is 1. The first-order chi connectivity index (χ1) is 11.4. The minimum absolute atomic E-state index is 0.0290. The number of carbonyl (C=O) groups is 1. The molecule has 2 nitrogen and oxygen atoms in total. The summed E-state index contributed by atoms with van der Waals surface area (Å²) < 4.78 is 0. The molecule has 0 aliphatic heterocycles. The largest absolute Gasteiger partial charge is 0.392 e. The highest BCUT2D eigenvalue weighted by Gasteiger charge is 2.58. The third kappa shape index (κ3) is 2.02. The van der Waals surface area contributed by atoms with E-state index in [0.29, 0.717) is 23.7 Å². The standard InChI is InChI=1S/C22H30O2/c1-4-22-11-9-17-20(18(22)6-5-7-19(22)24)14(2)12-15-13-16(23)8-10-21(15,17)3/h5-6,8,10,13-14,17-20,24H,4,7,9,11-12H2,1-3H3/t14-,17+,18+,19+,20-,21+,22+/m1/s1. The van der Waals surface area contributed by atoms with Crippen molar-refractivity contribution in [3.8, 4) is 0 Å². The minimum atomic E-state index is -0.195. The van der Waals surface area contributed by atoms with Gasteiger partial charge in [-0.2, -0.15) is 0 Å². The van der Waals surface area contributed by atoms with Crippen molar-refractivity contribution < 1.29 is 9.90 Å². The van der Waals surface area contributed by atoms with Gasteiger partial charge in [-0.05, 0) is 67.9 Å². The van der Waals surface area contributed by atoms with Crippen LogP contribution in [0.4, 0.5) is 0 Å². The van der Waals surface area contributed by atoms with E-state index in [1.165, 1.54) is 5.57 Å². The van der Waals surface area contributed by atoms with Crippen molar-refractivity contribution >= 4 is 5.78 Å². The molecular weight excluding hydrogens is 296 g/mol. The van der Waals surface area contributed by atoms with Crippen molar-refractivity contribution in [2.45, 2.75) is 59.0 Å². The monoisotopic (exact) mass is 326 g/mol. The van der Waals surface area contributed by atoms with Crippen LogP contribution >= 0.6 is 0 Å². The van der Waals surface area contributed by atoms with E-state index in [4.69, 9.17) is 0 Å². The first-order valence-corrected chi connectivity index (χ1v) is 9.71. The summed E-state index contributed by atoms with van der Waals surface area (Å²) in [5, 5.41) is 10.8. The lowest BCUT2D eigenvalue weighted by molar-refractivity contribution is -0.115. The quantitative estimate of drug-likeness (QED) is 0.723. The molecule has 4 aliphatic rings. The number of rotatable bonds is 1. The maximum Gasteiger partial charge on any atom is 0.178 e. The van der Waals surface area contributed by atoms with Crippen LogP contribution in [0.5, 0.6) is 0 Å². The van der Waals surface area contributed by atoms with Crippen LogP contribution in [-0.4, -0.2) is 17.0 Å². The van der Waals surface area contributed by atoms with E-state index in [0.717, 1.165) is 32.1 Å². The Morgan fingerprint density at radius 1 is 1.38 bits per heavy atom. The Bertz CT molecular complexity index is 642. The Kier molecular flexibility index (Phi) is 3.69. The molecule has 7 atom stereocenters. The van der Waals surface area contributed by atoms with E-state index in [1.807, 2.05) is 6.08 Å². The van der Waals surface area contributed by atoms with Gasteiger partial charge in [-0.15, -0.1) is 0 Å². The van der Waals surface area contributed by atoms with Gasteiger partial charge in [0.1, 0.15) is 0 Å². The lowest BCUT2D eigenvalue weighted by Crippen LogP contribution is -2.56. The first-order valence-electron chi connectivity index (χ1n) is 9.71. The first kappa shape index (κ1) is 16.3. The molecule has 4 aliphatic carbocycles. The Balaban J connectivity index is 1.78. The highest BCUT2D eigenvalue weighted by Crippen LogP contribution is 2.64.